The number of carboxylic acid groups (broad SMARTS) is 1. The molecular formula is C18H16Br2F3NO3. The third-order valence-corrected chi connectivity index (χ3v) is 4.68. The minimum Gasteiger partial charge on any atom is -0.487 e. The van der Waals surface area contributed by atoms with E-state index in [2.05, 4.69) is 37.2 Å². The fourth-order valence-electron chi connectivity index (χ4n) is 2.43. The zero-order chi connectivity index (χ0) is 20.2. The van der Waals surface area contributed by atoms with Crippen LogP contribution >= 0.6 is 31.9 Å². The van der Waals surface area contributed by atoms with Crippen LogP contribution in [-0.4, -0.2) is 17.6 Å². The molecule has 0 atom stereocenters. The van der Waals surface area contributed by atoms with Crippen LogP contribution in [0.2, 0.25) is 0 Å². The molecule has 0 saturated carbocycles. The second kappa shape index (κ2) is 8.97. The number of alkyl halides is 3. The molecule has 9 heteroatoms. The van der Waals surface area contributed by atoms with Crippen LogP contribution in [0.25, 0.3) is 0 Å². The molecule has 2 N–H and O–H groups in total. The summed E-state index contributed by atoms with van der Waals surface area (Å²) in [5.41, 5.74) is 0.520. The van der Waals surface area contributed by atoms with Gasteiger partial charge in [-0.25, -0.2) is 0 Å². The first-order valence-electron chi connectivity index (χ1n) is 7.87. The van der Waals surface area contributed by atoms with Crippen LogP contribution < -0.4 is 10.1 Å². The molecule has 0 amide bonds. The number of anilines is 1. The van der Waals surface area contributed by atoms with Crippen molar-refractivity contribution in [2.45, 2.75) is 26.1 Å². The lowest BCUT2D eigenvalue weighted by atomic mass is 10.1. The Morgan fingerprint density at radius 3 is 2.26 bits per heavy atom. The first kappa shape index (κ1) is 21.6. The molecule has 0 aromatic heterocycles. The van der Waals surface area contributed by atoms with E-state index in [9.17, 15) is 18.0 Å². The number of halogens is 5. The highest BCUT2D eigenvalue weighted by Gasteiger charge is 2.31. The molecule has 0 fully saturated rings. The topological polar surface area (TPSA) is 58.6 Å². The van der Waals surface area contributed by atoms with Gasteiger partial charge in [-0.15, -0.1) is 0 Å². The third kappa shape index (κ3) is 6.14. The number of aliphatic carboxylic acids is 1. The van der Waals surface area contributed by atoms with E-state index in [1.165, 1.54) is 0 Å². The first-order valence-corrected chi connectivity index (χ1v) is 9.46. The van der Waals surface area contributed by atoms with Gasteiger partial charge in [-0.1, -0.05) is 0 Å². The lowest BCUT2D eigenvalue weighted by Crippen LogP contribution is -2.09. The summed E-state index contributed by atoms with van der Waals surface area (Å²) in [7, 11) is 0. The second-order valence-corrected chi connectivity index (χ2v) is 7.40. The lowest BCUT2D eigenvalue weighted by molar-refractivity contribution is -0.138. The fourth-order valence-corrected chi connectivity index (χ4v) is 3.94. The van der Waals surface area contributed by atoms with Crippen LogP contribution in [0.3, 0.4) is 0 Å². The highest BCUT2D eigenvalue weighted by molar-refractivity contribution is 9.11. The fraction of sp³-hybridized carbons (Fsp3) is 0.278. The molecule has 2 aromatic carbocycles. The van der Waals surface area contributed by atoms with Crippen LogP contribution in [0.1, 0.15) is 23.6 Å². The first-order chi connectivity index (χ1) is 12.6. The van der Waals surface area contributed by atoms with Crippen LogP contribution in [0, 0.1) is 0 Å². The van der Waals surface area contributed by atoms with Crippen molar-refractivity contribution >= 4 is 43.5 Å². The minimum absolute atomic E-state index is 0.0855. The van der Waals surface area contributed by atoms with Crippen LogP contribution in [0.15, 0.2) is 39.3 Å². The molecule has 0 spiro atoms. The molecule has 0 bridgehead atoms. The summed E-state index contributed by atoms with van der Waals surface area (Å²) in [6.07, 6.45) is -4.61. The van der Waals surface area contributed by atoms with Gasteiger partial charge in [-0.3, -0.25) is 4.79 Å². The van der Waals surface area contributed by atoms with Crippen LogP contribution in [-0.2, 0) is 24.0 Å². The van der Waals surface area contributed by atoms with Gasteiger partial charge < -0.3 is 15.2 Å². The van der Waals surface area contributed by atoms with Crippen molar-refractivity contribution in [3.05, 3.63) is 56.0 Å². The van der Waals surface area contributed by atoms with Crippen molar-refractivity contribution in [2.75, 3.05) is 11.9 Å². The summed E-state index contributed by atoms with van der Waals surface area (Å²) >= 11 is 6.61. The lowest BCUT2D eigenvalue weighted by Gasteiger charge is -2.15. The molecule has 0 unspecified atom stereocenters. The summed E-state index contributed by atoms with van der Waals surface area (Å²) in [6.45, 7) is 2.20. The predicted molar refractivity (Wildman–Crippen MR) is 103 cm³/mol. The highest BCUT2D eigenvalue weighted by Crippen LogP contribution is 2.36. The Morgan fingerprint density at radius 2 is 1.74 bits per heavy atom. The predicted octanol–water partition coefficient (Wildman–Crippen LogP) is 5.87. The zero-order valence-electron chi connectivity index (χ0n) is 14.2. The number of rotatable bonds is 7. The van der Waals surface area contributed by atoms with Gasteiger partial charge in [0.1, 0.15) is 12.4 Å². The summed E-state index contributed by atoms with van der Waals surface area (Å²) in [4.78, 5) is 10.8. The Kier molecular flexibility index (Phi) is 7.16. The molecule has 0 radical (unpaired) electrons. The van der Waals surface area contributed by atoms with E-state index in [0.29, 0.717) is 38.1 Å². The molecule has 0 saturated heterocycles. The van der Waals surface area contributed by atoms with Crippen molar-refractivity contribution in [1.82, 2.24) is 0 Å². The quantitative estimate of drug-likeness (QED) is 0.489. The van der Waals surface area contributed by atoms with E-state index in [-0.39, 0.29) is 13.0 Å². The molecule has 2 aromatic rings. The Balaban J connectivity index is 2.25. The number of carbonyl (C=O) groups is 1. The largest absolute Gasteiger partial charge is 0.487 e. The number of ether oxygens (including phenoxy) is 1. The summed E-state index contributed by atoms with van der Waals surface area (Å²) in [5, 5.41) is 11.7. The number of nitrogens with one attached hydrogen (secondary N) is 1. The minimum atomic E-state index is -4.46. The molecule has 0 heterocycles. The number of hydrogen-bond donors (Lipinski definition) is 2. The van der Waals surface area contributed by atoms with Crippen LogP contribution in [0.4, 0.5) is 18.9 Å². The Hall–Kier alpha value is -1.74. The van der Waals surface area contributed by atoms with Gasteiger partial charge >= 0.3 is 12.1 Å². The molecule has 0 aliphatic heterocycles. The van der Waals surface area contributed by atoms with Gasteiger partial charge in [0.05, 0.1) is 20.9 Å². The van der Waals surface area contributed by atoms with Gasteiger partial charge in [0.15, 0.2) is 0 Å². The van der Waals surface area contributed by atoms with Crippen molar-refractivity contribution in [3.8, 4) is 5.75 Å². The van der Waals surface area contributed by atoms with E-state index in [1.54, 1.807) is 25.1 Å². The molecule has 2 rings (SSSR count). The molecule has 0 aliphatic rings. The van der Waals surface area contributed by atoms with E-state index >= 15 is 0 Å². The number of benzene rings is 2. The van der Waals surface area contributed by atoms with Crippen molar-refractivity contribution in [1.29, 1.82) is 0 Å². The SMILES string of the molecule is CCNc1cc(COc2c(Br)cc(CC(=O)O)cc2Br)cc(C(F)(F)F)c1. The summed E-state index contributed by atoms with van der Waals surface area (Å²) in [6, 6.07) is 6.90. The maximum atomic E-state index is 13.1. The third-order valence-electron chi connectivity index (χ3n) is 3.50. The van der Waals surface area contributed by atoms with Gasteiger partial charge in [0.25, 0.3) is 0 Å². The van der Waals surface area contributed by atoms with E-state index in [4.69, 9.17) is 9.84 Å². The van der Waals surface area contributed by atoms with Crippen molar-refractivity contribution < 1.29 is 27.8 Å². The average Bonchev–Trinajstić information content (AvgIpc) is 2.52. The van der Waals surface area contributed by atoms with E-state index in [1.807, 2.05) is 0 Å². The van der Waals surface area contributed by atoms with Gasteiger partial charge in [-0.2, -0.15) is 13.2 Å². The molecule has 27 heavy (non-hydrogen) atoms. The molecule has 0 aliphatic carbocycles. The maximum Gasteiger partial charge on any atom is 0.416 e. The Bertz CT molecular complexity index is 818. The van der Waals surface area contributed by atoms with Crippen molar-refractivity contribution in [2.24, 2.45) is 0 Å². The standard InChI is InChI=1S/C18H16Br2F3NO3/c1-2-24-13-4-11(3-12(8-13)18(21,22)23)9-27-17-14(19)5-10(6-15(17)20)7-16(25)26/h3-6,8,24H,2,7,9H2,1H3,(H,25,26). The van der Waals surface area contributed by atoms with E-state index < -0.39 is 17.7 Å². The summed E-state index contributed by atoms with van der Waals surface area (Å²) in [5.74, 6) is -0.589. The second-order valence-electron chi connectivity index (χ2n) is 5.69. The molecular weight excluding hydrogens is 495 g/mol. The maximum absolute atomic E-state index is 13.1. The zero-order valence-corrected chi connectivity index (χ0v) is 17.3. The number of hydrogen-bond acceptors (Lipinski definition) is 3. The number of carboxylic acids is 1. The Morgan fingerprint density at radius 1 is 1.11 bits per heavy atom. The molecule has 146 valence electrons. The van der Waals surface area contributed by atoms with Gasteiger partial charge in [0.2, 0.25) is 0 Å². The normalized spacial score (nSPS) is 11.3. The van der Waals surface area contributed by atoms with Crippen LogP contribution in [0.5, 0.6) is 5.75 Å². The molecule has 4 nitrogen and oxygen atoms in total. The van der Waals surface area contributed by atoms with Crippen molar-refractivity contribution in [3.63, 3.8) is 0 Å². The van der Waals surface area contributed by atoms with Gasteiger partial charge in [-0.05, 0) is 80.2 Å². The van der Waals surface area contributed by atoms with E-state index in [0.717, 1.165) is 12.1 Å². The smallest absolute Gasteiger partial charge is 0.416 e. The van der Waals surface area contributed by atoms with Gasteiger partial charge in [0, 0.05) is 12.2 Å². The summed E-state index contributed by atoms with van der Waals surface area (Å²) < 4.78 is 46.0. The Labute approximate surface area is 171 Å². The average molecular weight is 511 g/mol. The highest BCUT2D eigenvalue weighted by atomic mass is 79.9. The monoisotopic (exact) mass is 509 g/mol.